The predicted octanol–water partition coefficient (Wildman–Crippen LogP) is 3.46. The summed E-state index contributed by atoms with van der Waals surface area (Å²) in [5.41, 5.74) is -0.341. The Balaban J connectivity index is 1.92. The highest BCUT2D eigenvalue weighted by molar-refractivity contribution is 6.56. The molecular weight excluding hydrogens is 397 g/mol. The molecule has 8 nitrogen and oxygen atoms in total. The van der Waals surface area contributed by atoms with Crippen molar-refractivity contribution in [1.82, 2.24) is 15.5 Å². The van der Waals surface area contributed by atoms with Gasteiger partial charge in [0.15, 0.2) is 0 Å². The van der Waals surface area contributed by atoms with E-state index in [0.29, 0.717) is 10.8 Å². The van der Waals surface area contributed by atoms with Crippen molar-refractivity contribution < 1.29 is 18.8 Å². The number of aromatic amines is 1. The van der Waals surface area contributed by atoms with E-state index >= 15 is 0 Å². The fraction of sp³-hybridized carbons (Fsp3) is 0.500. The van der Waals surface area contributed by atoms with Crippen molar-refractivity contribution in [3.8, 4) is 0 Å². The third-order valence-corrected chi connectivity index (χ3v) is 5.43. The van der Waals surface area contributed by atoms with Crippen LogP contribution in [0, 0.1) is 0 Å². The summed E-state index contributed by atoms with van der Waals surface area (Å²) in [6, 6.07) is 5.43. The normalized spacial score (nSPS) is 18.3. The fourth-order valence-electron chi connectivity index (χ4n) is 3.10. The number of fused-ring (bicyclic) bond motifs is 1. The molecule has 1 aliphatic heterocycles. The zero-order valence-corrected chi connectivity index (χ0v) is 19.2. The first-order valence-electron chi connectivity index (χ1n) is 10.3. The number of amides is 1. The molecule has 1 aromatic carbocycles. The SMILES string of the molecule is CC(C)(C)OC(=O)NCC(=Cc1ccc2c(=O)[nH]ncc2c1)B1OC(C)(C)C(C)(C)O1. The Morgan fingerprint density at radius 2 is 1.87 bits per heavy atom. The summed E-state index contributed by atoms with van der Waals surface area (Å²) >= 11 is 0. The number of nitrogens with one attached hydrogen (secondary N) is 2. The second-order valence-corrected chi connectivity index (χ2v) is 9.71. The zero-order valence-electron chi connectivity index (χ0n) is 19.2. The summed E-state index contributed by atoms with van der Waals surface area (Å²) in [5, 5.41) is 10.3. The van der Waals surface area contributed by atoms with Gasteiger partial charge in [-0.25, -0.2) is 9.89 Å². The van der Waals surface area contributed by atoms with Gasteiger partial charge < -0.3 is 19.4 Å². The lowest BCUT2D eigenvalue weighted by Gasteiger charge is -2.32. The van der Waals surface area contributed by atoms with Crippen molar-refractivity contribution in [2.24, 2.45) is 0 Å². The van der Waals surface area contributed by atoms with Crippen LogP contribution in [0.5, 0.6) is 0 Å². The molecule has 1 amide bonds. The van der Waals surface area contributed by atoms with E-state index in [-0.39, 0.29) is 12.1 Å². The third-order valence-electron chi connectivity index (χ3n) is 5.43. The smallest absolute Gasteiger partial charge is 0.444 e. The number of carbonyl (C=O) groups excluding carboxylic acids is 1. The number of H-pyrrole nitrogens is 1. The lowest BCUT2D eigenvalue weighted by molar-refractivity contribution is 0.00578. The van der Waals surface area contributed by atoms with E-state index < -0.39 is 30.0 Å². The van der Waals surface area contributed by atoms with Crippen LogP contribution < -0.4 is 10.9 Å². The van der Waals surface area contributed by atoms with Gasteiger partial charge in [-0.1, -0.05) is 12.1 Å². The second-order valence-electron chi connectivity index (χ2n) is 9.71. The molecule has 31 heavy (non-hydrogen) atoms. The number of nitrogens with zero attached hydrogens (tertiary/aromatic N) is 1. The van der Waals surface area contributed by atoms with E-state index in [4.69, 9.17) is 14.0 Å². The molecular formula is C22H30BN3O5. The molecule has 2 N–H and O–H groups in total. The Morgan fingerprint density at radius 1 is 1.23 bits per heavy atom. The molecule has 0 bridgehead atoms. The second kappa shape index (κ2) is 8.13. The van der Waals surface area contributed by atoms with Crippen LogP contribution in [-0.4, -0.2) is 46.8 Å². The number of rotatable bonds is 4. The zero-order chi connectivity index (χ0) is 23.0. The van der Waals surface area contributed by atoms with Gasteiger partial charge in [-0.15, -0.1) is 0 Å². The van der Waals surface area contributed by atoms with Crippen LogP contribution in [0.2, 0.25) is 0 Å². The summed E-state index contributed by atoms with van der Waals surface area (Å²) in [7, 11) is -0.645. The molecule has 0 spiro atoms. The average Bonchev–Trinajstić information content (AvgIpc) is 2.84. The van der Waals surface area contributed by atoms with Crippen molar-refractivity contribution in [2.75, 3.05) is 6.54 Å². The Labute approximate surface area is 182 Å². The standard InChI is InChI=1S/C22H30BN3O5/c1-20(2,3)29-19(28)24-13-16(23-30-21(4,5)22(6,7)31-23)11-14-8-9-17-15(10-14)12-25-26-18(17)27/h8-12H,13H2,1-7H3,(H,24,28)(H,26,27). The molecule has 0 saturated carbocycles. The molecule has 0 radical (unpaired) electrons. The topological polar surface area (TPSA) is 103 Å². The maximum absolute atomic E-state index is 12.2. The lowest BCUT2D eigenvalue weighted by atomic mass is 9.77. The van der Waals surface area contributed by atoms with Crippen LogP contribution in [0.15, 0.2) is 34.7 Å². The minimum absolute atomic E-state index is 0.178. The monoisotopic (exact) mass is 427 g/mol. The maximum atomic E-state index is 12.2. The average molecular weight is 427 g/mol. The van der Waals surface area contributed by atoms with Gasteiger partial charge in [0.25, 0.3) is 5.56 Å². The van der Waals surface area contributed by atoms with Crippen LogP contribution >= 0.6 is 0 Å². The predicted molar refractivity (Wildman–Crippen MR) is 121 cm³/mol. The molecule has 9 heteroatoms. The highest BCUT2D eigenvalue weighted by atomic mass is 16.7. The number of benzene rings is 1. The lowest BCUT2D eigenvalue weighted by Crippen LogP contribution is -2.41. The van der Waals surface area contributed by atoms with E-state index in [1.165, 1.54) is 0 Å². The van der Waals surface area contributed by atoms with Crippen molar-refractivity contribution >= 4 is 30.1 Å². The van der Waals surface area contributed by atoms with Gasteiger partial charge in [0.1, 0.15) is 5.60 Å². The van der Waals surface area contributed by atoms with Crippen molar-refractivity contribution in [3.63, 3.8) is 0 Å². The molecule has 2 aromatic rings. The quantitative estimate of drug-likeness (QED) is 0.725. The Morgan fingerprint density at radius 3 is 2.48 bits per heavy atom. The van der Waals surface area contributed by atoms with E-state index in [1.807, 2.05) is 66.7 Å². The molecule has 2 heterocycles. The molecule has 0 unspecified atom stereocenters. The number of ether oxygens (including phenoxy) is 1. The highest BCUT2D eigenvalue weighted by Gasteiger charge is 2.52. The van der Waals surface area contributed by atoms with Crippen molar-refractivity contribution in [2.45, 2.75) is 65.3 Å². The first kappa shape index (κ1) is 23.0. The van der Waals surface area contributed by atoms with Crippen LogP contribution in [0.1, 0.15) is 54.0 Å². The molecule has 0 atom stereocenters. The summed E-state index contributed by atoms with van der Waals surface area (Å²) < 4.78 is 17.7. The molecule has 166 valence electrons. The van der Waals surface area contributed by atoms with Gasteiger partial charge in [0, 0.05) is 11.9 Å². The van der Waals surface area contributed by atoms with E-state index in [0.717, 1.165) is 11.0 Å². The summed E-state index contributed by atoms with van der Waals surface area (Å²) in [6.45, 7) is 13.5. The van der Waals surface area contributed by atoms with E-state index in [2.05, 4.69) is 15.5 Å². The van der Waals surface area contributed by atoms with Crippen LogP contribution in [0.4, 0.5) is 4.79 Å². The van der Waals surface area contributed by atoms with Gasteiger partial charge in [0.2, 0.25) is 0 Å². The van der Waals surface area contributed by atoms with Gasteiger partial charge >= 0.3 is 13.2 Å². The number of hydrogen-bond donors (Lipinski definition) is 2. The van der Waals surface area contributed by atoms with Crippen LogP contribution in [0.3, 0.4) is 0 Å². The molecule has 1 aliphatic rings. The highest BCUT2D eigenvalue weighted by Crippen LogP contribution is 2.38. The number of aromatic nitrogens is 2. The largest absolute Gasteiger partial charge is 0.492 e. The molecule has 1 fully saturated rings. The molecule has 1 aromatic heterocycles. The molecule has 0 aliphatic carbocycles. The van der Waals surface area contributed by atoms with Gasteiger partial charge in [-0.3, -0.25) is 4.79 Å². The van der Waals surface area contributed by atoms with E-state index in [1.54, 1.807) is 12.3 Å². The van der Waals surface area contributed by atoms with Crippen LogP contribution in [-0.2, 0) is 14.0 Å². The molecule has 1 saturated heterocycles. The van der Waals surface area contributed by atoms with Crippen LogP contribution in [0.25, 0.3) is 16.8 Å². The number of carbonyl (C=O) groups is 1. The summed E-state index contributed by atoms with van der Waals surface area (Å²) in [6.07, 6.45) is 2.96. The fourth-order valence-corrected chi connectivity index (χ4v) is 3.10. The number of alkyl carbamates (subject to hydrolysis) is 1. The Hall–Kier alpha value is -2.65. The number of hydrogen-bond acceptors (Lipinski definition) is 6. The third kappa shape index (κ3) is 5.35. The van der Waals surface area contributed by atoms with Crippen molar-refractivity contribution in [1.29, 1.82) is 0 Å². The minimum atomic E-state index is -0.645. The first-order valence-corrected chi connectivity index (χ1v) is 10.3. The Bertz CT molecular complexity index is 1050. The van der Waals surface area contributed by atoms with Gasteiger partial charge in [0.05, 0.1) is 22.8 Å². The van der Waals surface area contributed by atoms with Crippen molar-refractivity contribution in [3.05, 3.63) is 45.8 Å². The van der Waals surface area contributed by atoms with E-state index in [9.17, 15) is 9.59 Å². The first-order chi connectivity index (χ1) is 14.3. The minimum Gasteiger partial charge on any atom is -0.444 e. The van der Waals surface area contributed by atoms with Gasteiger partial charge in [-0.05, 0) is 71.6 Å². The summed E-state index contributed by atoms with van der Waals surface area (Å²) in [5.74, 6) is 0. The molecule has 3 rings (SSSR count). The summed E-state index contributed by atoms with van der Waals surface area (Å²) in [4.78, 5) is 24.1. The Kier molecular flexibility index (Phi) is 6.04. The maximum Gasteiger partial charge on any atom is 0.492 e. The van der Waals surface area contributed by atoms with Gasteiger partial charge in [-0.2, -0.15) is 5.10 Å².